The Balaban J connectivity index is 3.84. The van der Waals surface area contributed by atoms with E-state index in [9.17, 15) is 4.79 Å². The lowest BCUT2D eigenvalue weighted by Crippen LogP contribution is -2.36. The molecule has 0 atom stereocenters. The van der Waals surface area contributed by atoms with Gasteiger partial charge in [0.15, 0.2) is 5.76 Å². The molecule has 0 unspecified atom stereocenters. The van der Waals surface area contributed by atoms with Crippen molar-refractivity contribution >= 4 is 5.91 Å². The van der Waals surface area contributed by atoms with Crippen molar-refractivity contribution in [1.29, 1.82) is 0 Å². The third-order valence-corrected chi connectivity index (χ3v) is 1.00. The zero-order valence-corrected chi connectivity index (χ0v) is 6.92. The maximum absolute atomic E-state index is 10.7. The van der Waals surface area contributed by atoms with Crippen LogP contribution in [-0.4, -0.2) is 11.0 Å². The van der Waals surface area contributed by atoms with Gasteiger partial charge in [-0.1, -0.05) is 19.2 Å². The molecule has 0 aromatic rings. The predicted molar refractivity (Wildman–Crippen MR) is 47.0 cm³/mol. The lowest BCUT2D eigenvalue weighted by molar-refractivity contribution is -0.120. The SMILES string of the molecule is C=C/C=C(\C)NNC(=O)C(=C)O. The number of carbonyl (C=O) groups excluding carboxylic acids is 1. The van der Waals surface area contributed by atoms with Gasteiger partial charge in [0.05, 0.1) is 0 Å². The first-order chi connectivity index (χ1) is 5.57. The smallest absolute Gasteiger partial charge is 0.303 e. The Morgan fingerprint density at radius 1 is 1.50 bits per heavy atom. The Bertz CT molecular complexity index is 229. The summed E-state index contributed by atoms with van der Waals surface area (Å²) < 4.78 is 0. The Hall–Kier alpha value is -1.71. The number of nitrogens with one attached hydrogen (secondary N) is 2. The minimum Gasteiger partial charge on any atom is -0.503 e. The molecule has 0 heterocycles. The summed E-state index contributed by atoms with van der Waals surface area (Å²) in [5.41, 5.74) is 5.45. The van der Waals surface area contributed by atoms with Crippen molar-refractivity contribution in [2.45, 2.75) is 6.92 Å². The van der Waals surface area contributed by atoms with Crippen LogP contribution < -0.4 is 10.9 Å². The first kappa shape index (κ1) is 10.3. The predicted octanol–water partition coefficient (Wildman–Crippen LogP) is 0.769. The van der Waals surface area contributed by atoms with E-state index in [1.165, 1.54) is 0 Å². The molecule has 0 saturated carbocycles. The average molecular weight is 168 g/mol. The summed E-state index contributed by atoms with van der Waals surface area (Å²) in [5.74, 6) is -1.19. The van der Waals surface area contributed by atoms with Gasteiger partial charge in [0.25, 0.3) is 0 Å². The summed E-state index contributed by atoms with van der Waals surface area (Å²) in [7, 11) is 0. The van der Waals surface area contributed by atoms with Gasteiger partial charge in [-0.3, -0.25) is 10.2 Å². The first-order valence-electron chi connectivity index (χ1n) is 3.31. The van der Waals surface area contributed by atoms with Crippen LogP contribution in [0.1, 0.15) is 6.92 Å². The molecular formula is C8H12N2O2. The number of carbonyl (C=O) groups is 1. The van der Waals surface area contributed by atoms with Crippen molar-refractivity contribution in [2.75, 3.05) is 0 Å². The molecule has 12 heavy (non-hydrogen) atoms. The Kier molecular flexibility index (Phi) is 4.30. The van der Waals surface area contributed by atoms with Crippen LogP contribution in [0.2, 0.25) is 0 Å². The van der Waals surface area contributed by atoms with E-state index in [1.54, 1.807) is 19.1 Å². The Morgan fingerprint density at radius 2 is 2.08 bits per heavy atom. The summed E-state index contributed by atoms with van der Waals surface area (Å²) in [6, 6.07) is 0. The van der Waals surface area contributed by atoms with E-state index in [-0.39, 0.29) is 0 Å². The fourth-order valence-electron chi connectivity index (χ4n) is 0.446. The zero-order valence-electron chi connectivity index (χ0n) is 6.92. The van der Waals surface area contributed by atoms with Gasteiger partial charge in [0.2, 0.25) is 0 Å². The van der Waals surface area contributed by atoms with E-state index in [0.29, 0.717) is 5.70 Å². The van der Waals surface area contributed by atoms with E-state index < -0.39 is 11.7 Å². The summed E-state index contributed by atoms with van der Waals surface area (Å²) in [6.07, 6.45) is 3.24. The number of aliphatic hydroxyl groups is 1. The molecule has 4 nitrogen and oxygen atoms in total. The van der Waals surface area contributed by atoms with Gasteiger partial charge in [0.1, 0.15) is 0 Å². The summed E-state index contributed by atoms with van der Waals surface area (Å²) in [5, 5.41) is 8.58. The number of hydrazine groups is 1. The van der Waals surface area contributed by atoms with Crippen molar-refractivity contribution < 1.29 is 9.90 Å². The van der Waals surface area contributed by atoms with Crippen LogP contribution in [-0.2, 0) is 4.79 Å². The molecule has 0 spiro atoms. The van der Waals surface area contributed by atoms with Crippen LogP contribution in [0.3, 0.4) is 0 Å². The number of hydrogen-bond donors (Lipinski definition) is 3. The molecule has 0 rings (SSSR count). The minimum atomic E-state index is -0.660. The first-order valence-corrected chi connectivity index (χ1v) is 3.31. The lowest BCUT2D eigenvalue weighted by atomic mass is 10.4. The molecule has 3 N–H and O–H groups in total. The Morgan fingerprint density at radius 3 is 2.50 bits per heavy atom. The van der Waals surface area contributed by atoms with E-state index in [1.807, 2.05) is 0 Å². The van der Waals surface area contributed by atoms with Crippen molar-refractivity contribution in [3.8, 4) is 0 Å². The van der Waals surface area contributed by atoms with E-state index >= 15 is 0 Å². The number of rotatable bonds is 4. The largest absolute Gasteiger partial charge is 0.503 e. The monoisotopic (exact) mass is 168 g/mol. The van der Waals surface area contributed by atoms with Crippen LogP contribution in [0.15, 0.2) is 36.8 Å². The van der Waals surface area contributed by atoms with Gasteiger partial charge in [0, 0.05) is 5.70 Å². The van der Waals surface area contributed by atoms with Crippen molar-refractivity contribution in [3.63, 3.8) is 0 Å². The highest BCUT2D eigenvalue weighted by molar-refractivity contribution is 5.89. The molecule has 0 aromatic carbocycles. The molecule has 4 heteroatoms. The molecule has 66 valence electrons. The third-order valence-electron chi connectivity index (χ3n) is 1.00. The standard InChI is InChI=1S/C8H12N2O2/c1-4-5-6(2)9-10-8(12)7(3)11/h4-5,9,11H,1,3H2,2H3,(H,10,12)/b6-5+. The van der Waals surface area contributed by atoms with Gasteiger partial charge in [-0.05, 0) is 13.0 Å². The van der Waals surface area contributed by atoms with Gasteiger partial charge in [-0.15, -0.1) is 0 Å². The summed E-state index contributed by atoms with van der Waals surface area (Å²) in [6.45, 7) is 8.25. The van der Waals surface area contributed by atoms with Crippen molar-refractivity contribution in [2.24, 2.45) is 0 Å². The van der Waals surface area contributed by atoms with Gasteiger partial charge in [-0.2, -0.15) is 0 Å². The van der Waals surface area contributed by atoms with Gasteiger partial charge in [-0.25, -0.2) is 0 Å². The average Bonchev–Trinajstić information content (AvgIpc) is 2.00. The highest BCUT2D eigenvalue weighted by Gasteiger charge is 2.01. The van der Waals surface area contributed by atoms with Crippen LogP contribution in [0.5, 0.6) is 0 Å². The summed E-state index contributed by atoms with van der Waals surface area (Å²) >= 11 is 0. The summed E-state index contributed by atoms with van der Waals surface area (Å²) in [4.78, 5) is 10.7. The zero-order chi connectivity index (χ0) is 9.56. The third kappa shape index (κ3) is 4.16. The molecule has 0 radical (unpaired) electrons. The second kappa shape index (κ2) is 5.01. The topological polar surface area (TPSA) is 61.4 Å². The van der Waals surface area contributed by atoms with Gasteiger partial charge < -0.3 is 10.5 Å². The number of amides is 1. The molecule has 0 aliphatic heterocycles. The van der Waals surface area contributed by atoms with Crippen molar-refractivity contribution in [1.82, 2.24) is 10.9 Å². The fourth-order valence-corrected chi connectivity index (χ4v) is 0.446. The molecule has 0 aliphatic rings. The molecule has 0 bridgehead atoms. The van der Waals surface area contributed by atoms with Crippen molar-refractivity contribution in [3.05, 3.63) is 36.8 Å². The lowest BCUT2D eigenvalue weighted by Gasteiger charge is -2.06. The van der Waals surface area contributed by atoms with Crippen LogP contribution in [0, 0.1) is 0 Å². The normalized spacial score (nSPS) is 10.2. The number of aliphatic hydroxyl groups excluding tert-OH is 1. The van der Waals surface area contributed by atoms with Crippen LogP contribution >= 0.6 is 0 Å². The molecule has 0 aliphatic carbocycles. The molecule has 1 amide bonds. The van der Waals surface area contributed by atoms with Crippen LogP contribution in [0.4, 0.5) is 0 Å². The highest BCUT2D eigenvalue weighted by Crippen LogP contribution is 1.84. The minimum absolute atomic E-state index is 0.533. The highest BCUT2D eigenvalue weighted by atomic mass is 16.3. The van der Waals surface area contributed by atoms with E-state index in [2.05, 4.69) is 24.0 Å². The molecule has 0 saturated heterocycles. The van der Waals surface area contributed by atoms with E-state index in [0.717, 1.165) is 0 Å². The second-order valence-corrected chi connectivity index (χ2v) is 2.11. The van der Waals surface area contributed by atoms with Gasteiger partial charge >= 0.3 is 5.91 Å². The second-order valence-electron chi connectivity index (χ2n) is 2.11. The van der Waals surface area contributed by atoms with Crippen LogP contribution in [0.25, 0.3) is 0 Å². The molecule has 0 aromatic heterocycles. The van der Waals surface area contributed by atoms with E-state index in [4.69, 9.17) is 5.11 Å². The fraction of sp³-hybridized carbons (Fsp3) is 0.125. The number of hydrogen-bond acceptors (Lipinski definition) is 3. The Labute approximate surface area is 71.3 Å². The quantitative estimate of drug-likeness (QED) is 0.251. The molecule has 0 fully saturated rings. The molecular weight excluding hydrogens is 156 g/mol. The number of allylic oxidation sites excluding steroid dienone is 3. The maximum atomic E-state index is 10.7. The maximum Gasteiger partial charge on any atom is 0.303 e.